The van der Waals surface area contributed by atoms with Gasteiger partial charge in [0, 0.05) is 24.4 Å². The largest absolute Gasteiger partial charge is 0.481 e. The van der Waals surface area contributed by atoms with Crippen molar-refractivity contribution in [2.45, 2.75) is 31.6 Å². The predicted octanol–water partition coefficient (Wildman–Crippen LogP) is 1.86. The second-order valence-electron chi connectivity index (χ2n) is 4.67. The lowest BCUT2D eigenvalue weighted by atomic mass is 10.2. The van der Waals surface area contributed by atoms with Crippen LogP contribution in [-0.2, 0) is 19.6 Å². The molecule has 0 unspecified atom stereocenters. The van der Waals surface area contributed by atoms with Crippen molar-refractivity contribution in [2.75, 3.05) is 11.9 Å². The van der Waals surface area contributed by atoms with Gasteiger partial charge in [-0.15, -0.1) is 0 Å². The first-order chi connectivity index (χ1) is 10.1. The molecule has 122 valence electrons. The summed E-state index contributed by atoms with van der Waals surface area (Å²) < 4.78 is 27.2. The molecule has 0 heterocycles. The molecule has 0 aliphatic carbocycles. The van der Waals surface area contributed by atoms with Crippen LogP contribution in [0.2, 0.25) is 0 Å². The van der Waals surface area contributed by atoms with Gasteiger partial charge in [0.05, 0.1) is 10.6 Å². The van der Waals surface area contributed by atoms with E-state index in [0.717, 1.165) is 0 Å². The number of carbonyl (C=O) groups excluding carboxylic acids is 1. The topological polar surface area (TPSA) is 113 Å². The van der Waals surface area contributed by atoms with Crippen LogP contribution in [0.4, 0.5) is 5.69 Å². The summed E-state index contributed by atoms with van der Waals surface area (Å²) in [6, 6.07) is 2.96. The molecule has 1 rings (SSSR count). The van der Waals surface area contributed by atoms with Crippen molar-refractivity contribution in [1.29, 1.82) is 0 Å². The van der Waals surface area contributed by atoms with E-state index in [9.17, 15) is 18.0 Å². The summed E-state index contributed by atoms with van der Waals surface area (Å²) in [6.45, 7) is 3.01. The van der Waals surface area contributed by atoms with E-state index in [1.807, 2.05) is 0 Å². The van der Waals surface area contributed by atoms with E-state index in [0.29, 0.717) is 15.7 Å². The fourth-order valence-corrected chi connectivity index (χ4v) is 3.68. The monoisotopic (exact) mass is 392 g/mol. The second kappa shape index (κ2) is 7.70. The fraction of sp³-hybridized carbons (Fsp3) is 0.385. The quantitative estimate of drug-likeness (QED) is 0.612. The van der Waals surface area contributed by atoms with Crippen LogP contribution < -0.4 is 10.0 Å². The van der Waals surface area contributed by atoms with Crippen LogP contribution >= 0.6 is 15.9 Å². The Morgan fingerprint density at radius 1 is 1.32 bits per heavy atom. The molecular weight excluding hydrogens is 376 g/mol. The lowest BCUT2D eigenvalue weighted by Crippen LogP contribution is -2.26. The van der Waals surface area contributed by atoms with E-state index in [1.54, 1.807) is 13.0 Å². The summed E-state index contributed by atoms with van der Waals surface area (Å²) in [5, 5.41) is 11.1. The van der Waals surface area contributed by atoms with E-state index in [-0.39, 0.29) is 30.2 Å². The number of hydrogen-bond acceptors (Lipinski definition) is 4. The Morgan fingerprint density at radius 2 is 1.95 bits per heavy atom. The number of anilines is 1. The van der Waals surface area contributed by atoms with Gasteiger partial charge in [-0.05, 0) is 47.0 Å². The zero-order valence-corrected chi connectivity index (χ0v) is 14.5. The molecular formula is C13H17BrN2O5S. The van der Waals surface area contributed by atoms with Crippen molar-refractivity contribution in [3.05, 3.63) is 22.2 Å². The van der Waals surface area contributed by atoms with E-state index < -0.39 is 16.0 Å². The van der Waals surface area contributed by atoms with E-state index in [4.69, 9.17) is 5.11 Å². The highest BCUT2D eigenvalue weighted by Crippen LogP contribution is 2.28. The number of sulfonamides is 1. The third-order valence-corrected chi connectivity index (χ3v) is 4.98. The molecule has 1 amide bonds. The molecule has 9 heteroatoms. The van der Waals surface area contributed by atoms with E-state index in [2.05, 4.69) is 26.0 Å². The Labute approximate surface area is 137 Å². The molecule has 1 aromatic carbocycles. The van der Waals surface area contributed by atoms with Gasteiger partial charge >= 0.3 is 5.97 Å². The number of nitrogens with one attached hydrogen (secondary N) is 2. The minimum Gasteiger partial charge on any atom is -0.481 e. The van der Waals surface area contributed by atoms with Crippen molar-refractivity contribution < 1.29 is 23.1 Å². The van der Waals surface area contributed by atoms with E-state index >= 15 is 0 Å². The van der Waals surface area contributed by atoms with Gasteiger partial charge in [-0.1, -0.05) is 0 Å². The Hall–Kier alpha value is -1.45. The maximum atomic E-state index is 12.2. The number of carboxylic acids is 1. The van der Waals surface area contributed by atoms with Gasteiger partial charge in [-0.3, -0.25) is 9.59 Å². The third kappa shape index (κ3) is 5.39. The van der Waals surface area contributed by atoms with E-state index in [1.165, 1.54) is 13.0 Å². The van der Waals surface area contributed by atoms with Gasteiger partial charge in [0.15, 0.2) is 0 Å². The Morgan fingerprint density at radius 3 is 2.50 bits per heavy atom. The molecule has 0 aromatic heterocycles. The van der Waals surface area contributed by atoms with Crippen molar-refractivity contribution in [3.8, 4) is 0 Å². The van der Waals surface area contributed by atoms with Gasteiger partial charge in [-0.2, -0.15) is 0 Å². The van der Waals surface area contributed by atoms with Gasteiger partial charge < -0.3 is 10.4 Å². The molecule has 0 bridgehead atoms. The normalized spacial score (nSPS) is 11.2. The van der Waals surface area contributed by atoms with Crippen LogP contribution in [0.3, 0.4) is 0 Å². The zero-order valence-electron chi connectivity index (χ0n) is 12.1. The summed E-state index contributed by atoms with van der Waals surface area (Å²) in [5.74, 6) is -1.24. The minimum absolute atomic E-state index is 0.0408. The van der Waals surface area contributed by atoms with Gasteiger partial charge in [0.25, 0.3) is 0 Å². The number of amides is 1. The molecule has 0 saturated carbocycles. The molecule has 22 heavy (non-hydrogen) atoms. The molecule has 7 nitrogen and oxygen atoms in total. The summed E-state index contributed by atoms with van der Waals surface area (Å²) in [5.41, 5.74) is 0.951. The van der Waals surface area contributed by atoms with Crippen molar-refractivity contribution in [1.82, 2.24) is 4.72 Å². The van der Waals surface area contributed by atoms with Crippen LogP contribution in [-0.4, -0.2) is 31.9 Å². The molecule has 0 saturated heterocycles. The molecule has 0 aliphatic rings. The highest BCUT2D eigenvalue weighted by molar-refractivity contribution is 9.10. The minimum atomic E-state index is -3.74. The summed E-state index contributed by atoms with van der Waals surface area (Å²) >= 11 is 3.22. The van der Waals surface area contributed by atoms with Crippen molar-refractivity contribution in [3.63, 3.8) is 0 Å². The first-order valence-electron chi connectivity index (χ1n) is 6.42. The van der Waals surface area contributed by atoms with Crippen LogP contribution in [0.25, 0.3) is 0 Å². The average Bonchev–Trinajstić information content (AvgIpc) is 2.37. The van der Waals surface area contributed by atoms with Gasteiger partial charge in [0.2, 0.25) is 15.9 Å². The molecule has 1 aromatic rings. The summed E-state index contributed by atoms with van der Waals surface area (Å²) in [4.78, 5) is 21.6. The predicted molar refractivity (Wildman–Crippen MR) is 85.2 cm³/mol. The van der Waals surface area contributed by atoms with Crippen molar-refractivity contribution in [2.24, 2.45) is 0 Å². The number of benzene rings is 1. The van der Waals surface area contributed by atoms with Gasteiger partial charge in [0.1, 0.15) is 0 Å². The number of rotatable bonds is 7. The Kier molecular flexibility index (Phi) is 6.51. The average molecular weight is 393 g/mol. The summed E-state index contributed by atoms with van der Waals surface area (Å²) in [6.07, 6.45) is 0.103. The number of carboxylic acid groups (broad SMARTS) is 1. The number of hydrogen-bond donors (Lipinski definition) is 3. The fourth-order valence-electron chi connectivity index (χ4n) is 1.76. The molecule has 0 radical (unpaired) electrons. The maximum Gasteiger partial charge on any atom is 0.303 e. The highest BCUT2D eigenvalue weighted by Gasteiger charge is 2.18. The highest BCUT2D eigenvalue weighted by atomic mass is 79.9. The molecule has 0 spiro atoms. The SMILES string of the molecule is CC(=O)Nc1cc(C)c(S(=O)(=O)NCCCC(=O)O)cc1Br. The lowest BCUT2D eigenvalue weighted by Gasteiger charge is -2.12. The number of halogens is 1. The number of aryl methyl sites for hydroxylation is 1. The number of aliphatic carboxylic acids is 1. The second-order valence-corrected chi connectivity index (χ2v) is 7.26. The van der Waals surface area contributed by atoms with Crippen LogP contribution in [0.5, 0.6) is 0 Å². The van der Waals surface area contributed by atoms with Crippen LogP contribution in [0, 0.1) is 6.92 Å². The standard InChI is InChI=1S/C13H17BrN2O5S/c1-8-6-11(16-9(2)17)10(14)7-12(8)22(20,21)15-5-3-4-13(18)19/h6-7,15H,3-5H2,1-2H3,(H,16,17)(H,18,19). The maximum absolute atomic E-state index is 12.2. The number of carbonyl (C=O) groups is 2. The smallest absolute Gasteiger partial charge is 0.303 e. The summed E-state index contributed by atoms with van der Waals surface area (Å²) in [7, 11) is -3.74. The first-order valence-corrected chi connectivity index (χ1v) is 8.70. The molecule has 3 N–H and O–H groups in total. The van der Waals surface area contributed by atoms with Gasteiger partial charge in [-0.25, -0.2) is 13.1 Å². The Balaban J connectivity index is 2.93. The Bertz CT molecular complexity index is 688. The third-order valence-electron chi connectivity index (χ3n) is 2.72. The molecule has 0 fully saturated rings. The van der Waals surface area contributed by atoms with Crippen LogP contribution in [0.1, 0.15) is 25.3 Å². The molecule has 0 aliphatic heterocycles. The van der Waals surface area contributed by atoms with Crippen LogP contribution in [0.15, 0.2) is 21.5 Å². The molecule has 0 atom stereocenters. The first kappa shape index (κ1) is 18.6. The zero-order chi connectivity index (χ0) is 16.9. The lowest BCUT2D eigenvalue weighted by molar-refractivity contribution is -0.137. The van der Waals surface area contributed by atoms with Crippen molar-refractivity contribution >= 4 is 43.5 Å².